The fraction of sp³-hybridized carbons (Fsp3) is 0. The summed E-state index contributed by atoms with van der Waals surface area (Å²) in [6.07, 6.45) is 0. The molecule has 0 spiro atoms. The van der Waals surface area contributed by atoms with Crippen molar-refractivity contribution in [2.75, 3.05) is 0 Å². The topological polar surface area (TPSA) is 41.8 Å². The summed E-state index contributed by atoms with van der Waals surface area (Å²) in [4.78, 5) is 0.311. The highest BCUT2D eigenvalue weighted by Gasteiger charge is 2.05. The summed E-state index contributed by atoms with van der Waals surface area (Å²) in [6, 6.07) is 2.00. The van der Waals surface area contributed by atoms with Crippen molar-refractivity contribution in [2.24, 2.45) is 0 Å². The zero-order chi connectivity index (χ0) is 8.55. The number of thiophene rings is 1. The standard InChI is InChI=1S/C6H3IN2OS2/c7-4-1-3(2-12-4)5-8-9-6(11)10-5/h1-2H,(H,9,11). The van der Waals surface area contributed by atoms with Gasteiger partial charge in [0.2, 0.25) is 5.89 Å². The van der Waals surface area contributed by atoms with Crippen LogP contribution in [0.1, 0.15) is 0 Å². The fourth-order valence-corrected chi connectivity index (χ4v) is 2.22. The van der Waals surface area contributed by atoms with Crippen molar-refractivity contribution >= 4 is 46.1 Å². The Kier molecular flexibility index (Phi) is 2.28. The summed E-state index contributed by atoms with van der Waals surface area (Å²) in [7, 11) is 0. The van der Waals surface area contributed by atoms with Gasteiger partial charge in [0, 0.05) is 5.38 Å². The molecule has 0 unspecified atom stereocenters. The lowest BCUT2D eigenvalue weighted by Gasteiger charge is -1.82. The van der Waals surface area contributed by atoms with Crippen molar-refractivity contribution in [1.29, 1.82) is 0 Å². The van der Waals surface area contributed by atoms with Crippen LogP contribution >= 0.6 is 46.1 Å². The smallest absolute Gasteiger partial charge is 0.284 e. The maximum atomic E-state index is 5.13. The molecule has 0 aliphatic rings. The van der Waals surface area contributed by atoms with Gasteiger partial charge in [0.25, 0.3) is 4.84 Å². The normalized spacial score (nSPS) is 10.4. The molecule has 62 valence electrons. The highest BCUT2D eigenvalue weighted by molar-refractivity contribution is 14.1. The molecule has 12 heavy (non-hydrogen) atoms. The number of nitrogens with zero attached hydrogens (tertiary/aromatic N) is 1. The average Bonchev–Trinajstić information content (AvgIpc) is 2.58. The van der Waals surface area contributed by atoms with Crippen LogP contribution in [0, 0.1) is 7.72 Å². The van der Waals surface area contributed by atoms with Gasteiger partial charge in [-0.2, -0.15) is 0 Å². The van der Waals surface area contributed by atoms with Gasteiger partial charge in [-0.05, 0) is 40.9 Å². The first kappa shape index (κ1) is 8.39. The number of H-pyrrole nitrogens is 1. The third kappa shape index (κ3) is 1.59. The van der Waals surface area contributed by atoms with E-state index in [4.69, 9.17) is 16.6 Å². The van der Waals surface area contributed by atoms with E-state index in [1.54, 1.807) is 11.3 Å². The minimum atomic E-state index is 0.311. The molecular weight excluding hydrogens is 307 g/mol. The largest absolute Gasteiger partial charge is 0.409 e. The van der Waals surface area contributed by atoms with Crippen molar-refractivity contribution in [2.45, 2.75) is 0 Å². The summed E-state index contributed by atoms with van der Waals surface area (Å²) in [6.45, 7) is 0. The Hall–Kier alpha value is -0.210. The summed E-state index contributed by atoms with van der Waals surface area (Å²) in [5, 5.41) is 8.47. The number of aromatic nitrogens is 2. The molecule has 2 aromatic heterocycles. The van der Waals surface area contributed by atoms with Crippen LogP contribution in [-0.4, -0.2) is 10.2 Å². The Balaban J connectivity index is 2.50. The van der Waals surface area contributed by atoms with E-state index in [1.807, 2.05) is 11.4 Å². The molecule has 0 radical (unpaired) electrons. The van der Waals surface area contributed by atoms with Gasteiger partial charge in [-0.25, -0.2) is 5.10 Å². The second-order valence-corrected chi connectivity index (χ2v) is 5.23. The van der Waals surface area contributed by atoms with Crippen molar-refractivity contribution in [3.05, 3.63) is 19.2 Å². The van der Waals surface area contributed by atoms with Crippen LogP contribution in [0.5, 0.6) is 0 Å². The predicted octanol–water partition coefficient (Wildman–Crippen LogP) is 3.07. The molecule has 0 saturated heterocycles. The number of nitrogens with one attached hydrogen (secondary N) is 1. The highest BCUT2D eigenvalue weighted by atomic mass is 127. The molecule has 2 rings (SSSR count). The summed E-state index contributed by atoms with van der Waals surface area (Å²) in [5.74, 6) is 0.555. The number of aromatic amines is 1. The average molecular weight is 310 g/mol. The monoisotopic (exact) mass is 310 g/mol. The van der Waals surface area contributed by atoms with Crippen molar-refractivity contribution in [1.82, 2.24) is 10.2 Å². The summed E-state index contributed by atoms with van der Waals surface area (Å²) >= 11 is 8.65. The Morgan fingerprint density at radius 1 is 1.67 bits per heavy atom. The van der Waals surface area contributed by atoms with E-state index in [0.717, 1.165) is 5.56 Å². The number of hydrogen-bond donors (Lipinski definition) is 1. The lowest BCUT2D eigenvalue weighted by molar-refractivity contribution is 0.552. The van der Waals surface area contributed by atoms with Gasteiger partial charge in [-0.15, -0.1) is 16.4 Å². The van der Waals surface area contributed by atoms with E-state index < -0.39 is 0 Å². The maximum Gasteiger partial charge on any atom is 0.284 e. The molecule has 1 N–H and O–H groups in total. The van der Waals surface area contributed by atoms with E-state index in [0.29, 0.717) is 10.7 Å². The van der Waals surface area contributed by atoms with Crippen molar-refractivity contribution < 1.29 is 4.42 Å². The molecule has 2 heterocycles. The van der Waals surface area contributed by atoms with Crippen LogP contribution in [0.25, 0.3) is 11.5 Å². The van der Waals surface area contributed by atoms with Crippen molar-refractivity contribution in [3.8, 4) is 11.5 Å². The molecule has 0 aliphatic carbocycles. The van der Waals surface area contributed by atoms with Gasteiger partial charge in [0.15, 0.2) is 0 Å². The quantitative estimate of drug-likeness (QED) is 0.650. The lowest BCUT2D eigenvalue weighted by Crippen LogP contribution is -1.71. The SMILES string of the molecule is S=c1[nH]nc(-c2csc(I)c2)o1. The molecule has 6 heteroatoms. The van der Waals surface area contributed by atoms with Crippen LogP contribution < -0.4 is 0 Å². The molecule has 2 aromatic rings. The molecule has 0 saturated carbocycles. The molecule has 0 aliphatic heterocycles. The maximum absolute atomic E-state index is 5.13. The van der Waals surface area contributed by atoms with Gasteiger partial charge >= 0.3 is 0 Å². The molecule has 0 amide bonds. The highest BCUT2D eigenvalue weighted by Crippen LogP contribution is 2.24. The van der Waals surface area contributed by atoms with Crippen LogP contribution in [0.3, 0.4) is 0 Å². The molecule has 3 nitrogen and oxygen atoms in total. The fourth-order valence-electron chi connectivity index (χ4n) is 0.776. The van der Waals surface area contributed by atoms with E-state index in [2.05, 4.69) is 32.8 Å². The molecule has 0 atom stereocenters. The van der Waals surface area contributed by atoms with E-state index in [-0.39, 0.29) is 0 Å². The minimum absolute atomic E-state index is 0.311. The Morgan fingerprint density at radius 2 is 2.50 bits per heavy atom. The molecule has 0 bridgehead atoms. The van der Waals surface area contributed by atoms with Gasteiger partial charge in [-0.1, -0.05) is 0 Å². The third-order valence-corrected chi connectivity index (χ3v) is 3.22. The summed E-state index contributed by atoms with van der Waals surface area (Å²) < 4.78 is 6.34. The lowest BCUT2D eigenvalue weighted by atomic mass is 10.3. The first-order valence-corrected chi connectivity index (χ1v) is 5.42. The third-order valence-electron chi connectivity index (χ3n) is 1.25. The zero-order valence-electron chi connectivity index (χ0n) is 5.70. The molecule has 0 fully saturated rings. The first-order valence-electron chi connectivity index (χ1n) is 3.05. The van der Waals surface area contributed by atoms with Crippen molar-refractivity contribution in [3.63, 3.8) is 0 Å². The van der Waals surface area contributed by atoms with E-state index in [9.17, 15) is 0 Å². The minimum Gasteiger partial charge on any atom is -0.409 e. The van der Waals surface area contributed by atoms with Crippen LogP contribution in [-0.2, 0) is 0 Å². The number of rotatable bonds is 1. The predicted molar refractivity (Wildman–Crippen MR) is 57.7 cm³/mol. The van der Waals surface area contributed by atoms with E-state index >= 15 is 0 Å². The van der Waals surface area contributed by atoms with Gasteiger partial charge in [0.1, 0.15) is 0 Å². The second kappa shape index (κ2) is 3.27. The van der Waals surface area contributed by atoms with Gasteiger partial charge in [0.05, 0.1) is 8.45 Å². The molecular formula is C6H3IN2OS2. The Bertz CT molecular complexity index is 444. The van der Waals surface area contributed by atoms with Crippen LogP contribution in [0.15, 0.2) is 15.9 Å². The molecule has 0 aromatic carbocycles. The summed E-state index contributed by atoms with van der Waals surface area (Å²) in [5.41, 5.74) is 0.969. The van der Waals surface area contributed by atoms with Gasteiger partial charge in [-0.3, -0.25) is 0 Å². The first-order chi connectivity index (χ1) is 5.75. The second-order valence-electron chi connectivity index (χ2n) is 2.06. The van der Waals surface area contributed by atoms with Crippen LogP contribution in [0.4, 0.5) is 0 Å². The van der Waals surface area contributed by atoms with E-state index in [1.165, 1.54) is 2.88 Å². The zero-order valence-corrected chi connectivity index (χ0v) is 9.50. The number of halogens is 1. The Labute approximate surface area is 91.0 Å². The van der Waals surface area contributed by atoms with Crippen LogP contribution in [0.2, 0.25) is 0 Å². The number of hydrogen-bond acceptors (Lipinski definition) is 4. The van der Waals surface area contributed by atoms with Gasteiger partial charge < -0.3 is 4.42 Å². The Morgan fingerprint density at radius 3 is 3.00 bits per heavy atom.